The monoisotopic (exact) mass is 272 g/mol. The molecule has 2 rings (SSSR count). The summed E-state index contributed by atoms with van der Waals surface area (Å²) < 4.78 is 5.30. The zero-order valence-corrected chi connectivity index (χ0v) is 11.5. The fraction of sp³-hybridized carbons (Fsp3) is 0.250. The average Bonchev–Trinajstić information content (AvgIpc) is 2.94. The van der Waals surface area contributed by atoms with Gasteiger partial charge in [-0.15, -0.1) is 11.8 Å². The van der Waals surface area contributed by atoms with Crippen molar-refractivity contribution in [2.45, 2.75) is 17.9 Å². The normalized spacial score (nSPS) is 9.95. The molecule has 1 N–H and O–H groups in total. The lowest BCUT2D eigenvalue weighted by atomic mass is 10.1. The van der Waals surface area contributed by atoms with Crippen molar-refractivity contribution in [3.8, 4) is 11.8 Å². The van der Waals surface area contributed by atoms with Crippen LogP contribution in [0.25, 0.3) is 0 Å². The van der Waals surface area contributed by atoms with E-state index in [2.05, 4.69) is 17.9 Å². The second kappa shape index (κ2) is 7.73. The molecule has 1 aromatic heterocycles. The SMILES string of the molecule is OCCC#Cc1ccccc1CSCc1ccco1. The van der Waals surface area contributed by atoms with E-state index in [1.165, 1.54) is 5.56 Å². The summed E-state index contributed by atoms with van der Waals surface area (Å²) in [5.41, 5.74) is 2.27. The molecule has 0 aliphatic heterocycles. The van der Waals surface area contributed by atoms with Gasteiger partial charge in [0.25, 0.3) is 0 Å². The molecule has 0 saturated heterocycles. The van der Waals surface area contributed by atoms with Gasteiger partial charge in [0.15, 0.2) is 0 Å². The van der Waals surface area contributed by atoms with Crippen molar-refractivity contribution < 1.29 is 9.52 Å². The van der Waals surface area contributed by atoms with Crippen molar-refractivity contribution in [2.24, 2.45) is 0 Å². The molecular formula is C16H16O2S. The molecule has 2 aromatic rings. The fourth-order valence-corrected chi connectivity index (χ4v) is 2.58. The largest absolute Gasteiger partial charge is 0.468 e. The third-order valence-corrected chi connectivity index (χ3v) is 3.56. The standard InChI is InChI=1S/C16H16O2S/c17-10-4-3-7-14-6-1-2-8-15(14)12-19-13-16-9-5-11-18-16/h1-2,5-6,8-9,11,17H,4,10,12-13H2. The van der Waals surface area contributed by atoms with Crippen LogP contribution in [-0.4, -0.2) is 11.7 Å². The second-order valence-electron chi connectivity index (χ2n) is 4.00. The molecule has 0 atom stereocenters. The highest BCUT2D eigenvalue weighted by molar-refractivity contribution is 7.97. The molecule has 0 aliphatic carbocycles. The molecule has 0 saturated carbocycles. The quantitative estimate of drug-likeness (QED) is 0.846. The topological polar surface area (TPSA) is 33.4 Å². The molecule has 19 heavy (non-hydrogen) atoms. The molecule has 0 bridgehead atoms. The Morgan fingerprint density at radius 2 is 2.00 bits per heavy atom. The number of furan rings is 1. The molecule has 0 fully saturated rings. The zero-order chi connectivity index (χ0) is 13.3. The Labute approximate surface area is 117 Å². The van der Waals surface area contributed by atoms with Gasteiger partial charge in [-0.1, -0.05) is 30.0 Å². The van der Waals surface area contributed by atoms with Crippen molar-refractivity contribution in [1.29, 1.82) is 0 Å². The van der Waals surface area contributed by atoms with Crippen LogP contribution in [0.3, 0.4) is 0 Å². The summed E-state index contributed by atoms with van der Waals surface area (Å²) in [6, 6.07) is 12.0. The van der Waals surface area contributed by atoms with Crippen molar-refractivity contribution in [1.82, 2.24) is 0 Å². The maximum atomic E-state index is 8.74. The van der Waals surface area contributed by atoms with Gasteiger partial charge in [-0.25, -0.2) is 0 Å². The zero-order valence-electron chi connectivity index (χ0n) is 10.6. The number of benzene rings is 1. The summed E-state index contributed by atoms with van der Waals surface area (Å²) >= 11 is 1.81. The van der Waals surface area contributed by atoms with E-state index in [1.54, 1.807) is 18.0 Å². The number of hydrogen-bond acceptors (Lipinski definition) is 3. The highest BCUT2D eigenvalue weighted by Gasteiger charge is 2.01. The molecule has 0 unspecified atom stereocenters. The van der Waals surface area contributed by atoms with Crippen LogP contribution in [0.2, 0.25) is 0 Å². The highest BCUT2D eigenvalue weighted by Crippen LogP contribution is 2.20. The Bertz CT molecular complexity index is 550. The first kappa shape index (κ1) is 13.8. The predicted molar refractivity (Wildman–Crippen MR) is 78.7 cm³/mol. The molecule has 0 radical (unpaired) electrons. The van der Waals surface area contributed by atoms with Gasteiger partial charge in [0.05, 0.1) is 18.6 Å². The van der Waals surface area contributed by atoms with E-state index in [4.69, 9.17) is 9.52 Å². The first-order valence-electron chi connectivity index (χ1n) is 6.18. The summed E-state index contributed by atoms with van der Waals surface area (Å²) in [4.78, 5) is 0. The number of thioether (sulfide) groups is 1. The highest BCUT2D eigenvalue weighted by atomic mass is 32.2. The van der Waals surface area contributed by atoms with Gasteiger partial charge < -0.3 is 9.52 Å². The minimum absolute atomic E-state index is 0.114. The van der Waals surface area contributed by atoms with Crippen LogP contribution in [-0.2, 0) is 11.5 Å². The molecule has 3 heteroatoms. The first-order chi connectivity index (χ1) is 9.40. The summed E-state index contributed by atoms with van der Waals surface area (Å²) in [5, 5.41) is 8.74. The van der Waals surface area contributed by atoms with Crippen LogP contribution in [0.5, 0.6) is 0 Å². The van der Waals surface area contributed by atoms with Crippen molar-refractivity contribution in [3.63, 3.8) is 0 Å². The first-order valence-corrected chi connectivity index (χ1v) is 7.33. The van der Waals surface area contributed by atoms with E-state index in [1.807, 2.05) is 30.3 Å². The van der Waals surface area contributed by atoms with Crippen LogP contribution in [0, 0.1) is 11.8 Å². The molecule has 2 nitrogen and oxygen atoms in total. The molecular weight excluding hydrogens is 256 g/mol. The Hall–Kier alpha value is -1.63. The smallest absolute Gasteiger partial charge is 0.113 e. The summed E-state index contributed by atoms with van der Waals surface area (Å²) in [6.45, 7) is 0.114. The number of aliphatic hydroxyl groups excluding tert-OH is 1. The Morgan fingerprint density at radius 1 is 1.11 bits per heavy atom. The molecule has 0 amide bonds. The minimum Gasteiger partial charge on any atom is -0.468 e. The van der Waals surface area contributed by atoms with E-state index in [-0.39, 0.29) is 6.61 Å². The van der Waals surface area contributed by atoms with Gasteiger partial charge in [-0.05, 0) is 23.8 Å². The Balaban J connectivity index is 1.94. The molecule has 1 heterocycles. The minimum atomic E-state index is 0.114. The predicted octanol–water partition coefficient (Wildman–Crippen LogP) is 3.45. The van der Waals surface area contributed by atoms with Crippen molar-refractivity contribution in [3.05, 3.63) is 59.5 Å². The van der Waals surface area contributed by atoms with Crippen molar-refractivity contribution >= 4 is 11.8 Å². The number of rotatable bonds is 5. The van der Waals surface area contributed by atoms with E-state index >= 15 is 0 Å². The van der Waals surface area contributed by atoms with Crippen LogP contribution in [0.1, 0.15) is 23.3 Å². The third kappa shape index (κ3) is 4.51. The van der Waals surface area contributed by atoms with Crippen LogP contribution in [0.4, 0.5) is 0 Å². The summed E-state index contributed by atoms with van der Waals surface area (Å²) in [5.74, 6) is 8.85. The lowest BCUT2D eigenvalue weighted by Crippen LogP contribution is -1.88. The molecule has 0 aliphatic rings. The third-order valence-electron chi connectivity index (χ3n) is 2.56. The maximum Gasteiger partial charge on any atom is 0.113 e. The molecule has 1 aromatic carbocycles. The summed E-state index contributed by atoms with van der Waals surface area (Å²) in [7, 11) is 0. The van der Waals surface area contributed by atoms with Gasteiger partial charge in [0, 0.05) is 17.7 Å². The Kier molecular flexibility index (Phi) is 5.61. The van der Waals surface area contributed by atoms with Gasteiger partial charge in [-0.3, -0.25) is 0 Å². The Morgan fingerprint density at radius 3 is 2.79 bits per heavy atom. The second-order valence-corrected chi connectivity index (χ2v) is 4.99. The van der Waals surface area contributed by atoms with E-state index in [0.717, 1.165) is 22.8 Å². The number of hydrogen-bond donors (Lipinski definition) is 1. The molecule has 0 spiro atoms. The van der Waals surface area contributed by atoms with E-state index in [0.29, 0.717) is 6.42 Å². The van der Waals surface area contributed by atoms with Gasteiger partial charge >= 0.3 is 0 Å². The lowest BCUT2D eigenvalue weighted by Gasteiger charge is -2.03. The van der Waals surface area contributed by atoms with E-state index < -0.39 is 0 Å². The van der Waals surface area contributed by atoms with Crippen LogP contribution >= 0.6 is 11.8 Å². The van der Waals surface area contributed by atoms with Gasteiger partial charge in [0.2, 0.25) is 0 Å². The van der Waals surface area contributed by atoms with Gasteiger partial charge in [-0.2, -0.15) is 0 Å². The van der Waals surface area contributed by atoms with Crippen molar-refractivity contribution in [2.75, 3.05) is 6.61 Å². The van der Waals surface area contributed by atoms with Crippen LogP contribution < -0.4 is 0 Å². The average molecular weight is 272 g/mol. The van der Waals surface area contributed by atoms with Gasteiger partial charge in [0.1, 0.15) is 5.76 Å². The van der Waals surface area contributed by atoms with Crippen LogP contribution in [0.15, 0.2) is 47.1 Å². The number of aliphatic hydroxyl groups is 1. The lowest BCUT2D eigenvalue weighted by molar-refractivity contribution is 0.305. The summed E-state index contributed by atoms with van der Waals surface area (Å²) in [6.07, 6.45) is 2.22. The fourth-order valence-electron chi connectivity index (χ4n) is 1.64. The molecule has 98 valence electrons. The van der Waals surface area contributed by atoms with E-state index in [9.17, 15) is 0 Å². The maximum absolute atomic E-state index is 8.74.